The topological polar surface area (TPSA) is 99.9 Å². The summed E-state index contributed by atoms with van der Waals surface area (Å²) in [6.45, 7) is 4.47. The number of halogens is 2. The van der Waals surface area contributed by atoms with Crippen LogP contribution in [0.25, 0.3) is 11.0 Å². The average molecular weight is 663 g/mol. The average Bonchev–Trinajstić information content (AvgIpc) is 3.07. The summed E-state index contributed by atoms with van der Waals surface area (Å²) in [4.78, 5) is 53.8. The Kier molecular flexibility index (Phi) is 11.1. The first kappa shape index (κ1) is 33.2. The van der Waals surface area contributed by atoms with E-state index in [1.807, 2.05) is 48.2 Å². The Balaban J connectivity index is 0.000000455. The molecule has 2 aliphatic heterocycles. The summed E-state index contributed by atoms with van der Waals surface area (Å²) in [7, 11) is 0. The van der Waals surface area contributed by atoms with Gasteiger partial charge in [0.2, 0.25) is 11.8 Å². The van der Waals surface area contributed by atoms with Gasteiger partial charge in [0.15, 0.2) is 11.2 Å². The van der Waals surface area contributed by atoms with Crippen LogP contribution in [0.4, 0.5) is 0 Å². The molecule has 0 unspecified atom stereocenters. The molecule has 0 spiro atoms. The fraction of sp³-hybridized carbons (Fsp3) is 0.333. The molecular weight excluding hydrogens is 625 g/mol. The predicted molar refractivity (Wildman–Crippen MR) is 180 cm³/mol. The van der Waals surface area contributed by atoms with Crippen LogP contribution in [0.2, 0.25) is 10.0 Å². The van der Waals surface area contributed by atoms with Crippen molar-refractivity contribution in [2.75, 3.05) is 26.2 Å². The van der Waals surface area contributed by atoms with Gasteiger partial charge in [0.25, 0.3) is 5.91 Å². The van der Waals surface area contributed by atoms with E-state index in [4.69, 9.17) is 27.6 Å². The first-order chi connectivity index (χ1) is 22.2. The second-order valence-corrected chi connectivity index (χ2v) is 12.6. The lowest BCUT2D eigenvalue weighted by Gasteiger charge is -2.34. The summed E-state index contributed by atoms with van der Waals surface area (Å²) in [6, 6.07) is 21.7. The van der Waals surface area contributed by atoms with Crippen LogP contribution < -0.4 is 10.7 Å². The second-order valence-electron chi connectivity index (χ2n) is 11.7. The lowest BCUT2D eigenvalue weighted by atomic mass is 9.86. The molecule has 0 aliphatic carbocycles. The van der Waals surface area contributed by atoms with Crippen molar-refractivity contribution in [3.63, 3.8) is 0 Å². The van der Waals surface area contributed by atoms with Crippen LogP contribution in [-0.4, -0.2) is 53.7 Å². The lowest BCUT2D eigenvalue weighted by Crippen LogP contribution is -2.44. The Labute approximate surface area is 278 Å². The standard InChI is InChI=1S/C29H30ClN3O5.C7H7Cl/c30-21-8-9-25-23(15-21)24(34)16-26(38-25)29(37)31-17-28(36)32-13-10-19(11-14-32)22-6-2-1-5-20(22)18-33-12-4-3-7-27(33)35;1-6-2-4-7(8)5-3-6/h1-2,5-6,8-9,15-16,19H,3-4,7,10-14,17-18H2,(H,31,37);2-5H,1H3. The summed E-state index contributed by atoms with van der Waals surface area (Å²) in [5.41, 5.74) is 3.55. The Morgan fingerprint density at radius 2 is 1.61 bits per heavy atom. The van der Waals surface area contributed by atoms with Crippen LogP contribution in [0, 0.1) is 6.92 Å². The Bertz CT molecular complexity index is 1740. The van der Waals surface area contributed by atoms with E-state index in [2.05, 4.69) is 17.4 Å². The molecule has 1 N–H and O–H groups in total. The first-order valence-corrected chi connectivity index (χ1v) is 16.3. The number of benzene rings is 3. The third kappa shape index (κ3) is 8.56. The van der Waals surface area contributed by atoms with Crippen LogP contribution in [0.5, 0.6) is 0 Å². The van der Waals surface area contributed by atoms with Crippen LogP contribution >= 0.6 is 23.2 Å². The number of carbonyl (C=O) groups is 3. The van der Waals surface area contributed by atoms with Crippen molar-refractivity contribution in [3.8, 4) is 0 Å². The normalized spacial score (nSPS) is 15.3. The number of hydrogen-bond acceptors (Lipinski definition) is 5. The van der Waals surface area contributed by atoms with Crippen LogP contribution in [0.3, 0.4) is 0 Å². The van der Waals surface area contributed by atoms with Gasteiger partial charge in [0.1, 0.15) is 5.58 Å². The van der Waals surface area contributed by atoms with Crippen molar-refractivity contribution in [1.82, 2.24) is 15.1 Å². The highest BCUT2D eigenvalue weighted by atomic mass is 35.5. The molecule has 3 amide bonds. The van der Waals surface area contributed by atoms with Crippen LogP contribution in [0.1, 0.15) is 65.3 Å². The summed E-state index contributed by atoms with van der Waals surface area (Å²) in [5.74, 6) is -0.423. The fourth-order valence-electron chi connectivity index (χ4n) is 5.88. The maximum absolute atomic E-state index is 12.8. The summed E-state index contributed by atoms with van der Waals surface area (Å²) >= 11 is 11.5. The van der Waals surface area contributed by atoms with E-state index in [1.54, 1.807) is 11.0 Å². The molecule has 0 saturated carbocycles. The molecule has 2 saturated heterocycles. The Morgan fingerprint density at radius 3 is 2.33 bits per heavy atom. The van der Waals surface area contributed by atoms with Gasteiger partial charge in [0, 0.05) is 48.7 Å². The minimum atomic E-state index is -0.622. The minimum Gasteiger partial charge on any atom is -0.451 e. The number of hydrogen-bond donors (Lipinski definition) is 1. The molecule has 0 radical (unpaired) electrons. The molecule has 240 valence electrons. The molecule has 2 fully saturated rings. The number of fused-ring (bicyclic) bond motifs is 1. The van der Waals surface area contributed by atoms with Crippen molar-refractivity contribution in [1.29, 1.82) is 0 Å². The SMILES string of the molecule is Cc1ccc(Cl)cc1.O=C(NCC(=O)N1CCC(c2ccccc2CN2CCCCC2=O)CC1)c1cc(=O)c2cc(Cl)ccc2o1. The van der Waals surface area contributed by atoms with Crippen LogP contribution in [0.15, 0.2) is 82.0 Å². The van der Waals surface area contributed by atoms with Crippen molar-refractivity contribution < 1.29 is 18.8 Å². The van der Waals surface area contributed by atoms with Gasteiger partial charge < -0.3 is 19.5 Å². The molecule has 0 atom stereocenters. The molecule has 3 aromatic carbocycles. The van der Waals surface area contributed by atoms with E-state index in [0.29, 0.717) is 37.0 Å². The Morgan fingerprint density at radius 1 is 0.891 bits per heavy atom. The maximum Gasteiger partial charge on any atom is 0.287 e. The van der Waals surface area contributed by atoms with Crippen LogP contribution in [-0.2, 0) is 16.1 Å². The quantitative estimate of drug-likeness (QED) is 0.247. The summed E-state index contributed by atoms with van der Waals surface area (Å²) in [5, 5.41) is 4.07. The molecule has 4 aromatic rings. The maximum atomic E-state index is 12.8. The third-order valence-electron chi connectivity index (χ3n) is 8.45. The number of piperidine rings is 2. The van der Waals surface area contributed by atoms with E-state index in [1.165, 1.54) is 28.8 Å². The van der Waals surface area contributed by atoms with E-state index < -0.39 is 5.91 Å². The predicted octanol–water partition coefficient (Wildman–Crippen LogP) is 6.74. The zero-order valence-electron chi connectivity index (χ0n) is 25.8. The van der Waals surface area contributed by atoms with Gasteiger partial charge in [-0.3, -0.25) is 19.2 Å². The van der Waals surface area contributed by atoms with Crippen molar-refractivity contribution in [2.24, 2.45) is 0 Å². The highest BCUT2D eigenvalue weighted by Gasteiger charge is 2.27. The first-order valence-electron chi connectivity index (χ1n) is 15.5. The lowest BCUT2D eigenvalue weighted by molar-refractivity contribution is -0.134. The second kappa shape index (κ2) is 15.4. The number of likely N-dealkylation sites (tertiary alicyclic amines) is 2. The van der Waals surface area contributed by atoms with E-state index >= 15 is 0 Å². The number of carbonyl (C=O) groups excluding carboxylic acids is 3. The van der Waals surface area contributed by atoms with E-state index in [9.17, 15) is 19.2 Å². The van der Waals surface area contributed by atoms with Gasteiger partial charge in [-0.1, -0.05) is 65.2 Å². The van der Waals surface area contributed by atoms with Gasteiger partial charge in [0.05, 0.1) is 11.9 Å². The number of nitrogens with zero attached hydrogens (tertiary/aromatic N) is 2. The number of rotatable bonds is 6. The number of amides is 3. The molecule has 46 heavy (non-hydrogen) atoms. The zero-order chi connectivity index (χ0) is 32.6. The molecule has 0 bridgehead atoms. The van der Waals surface area contributed by atoms with Gasteiger partial charge in [-0.25, -0.2) is 0 Å². The molecule has 3 heterocycles. The number of nitrogens with one attached hydrogen (secondary N) is 1. The molecule has 2 aliphatic rings. The van der Waals surface area contributed by atoms with Gasteiger partial charge >= 0.3 is 0 Å². The number of aryl methyl sites for hydroxylation is 1. The minimum absolute atomic E-state index is 0.153. The smallest absolute Gasteiger partial charge is 0.287 e. The molecular formula is C36H37Cl2N3O5. The van der Waals surface area contributed by atoms with E-state index in [0.717, 1.165) is 43.3 Å². The fourth-order valence-corrected chi connectivity index (χ4v) is 6.18. The zero-order valence-corrected chi connectivity index (χ0v) is 27.3. The Hall–Kier alpha value is -4.14. The molecule has 1 aromatic heterocycles. The van der Waals surface area contributed by atoms with Crippen molar-refractivity contribution in [3.05, 3.63) is 116 Å². The van der Waals surface area contributed by atoms with Crippen molar-refractivity contribution >= 4 is 51.9 Å². The molecule has 10 heteroatoms. The van der Waals surface area contributed by atoms with Gasteiger partial charge in [-0.15, -0.1) is 0 Å². The monoisotopic (exact) mass is 661 g/mol. The highest BCUT2D eigenvalue weighted by molar-refractivity contribution is 6.31. The van der Waals surface area contributed by atoms with E-state index in [-0.39, 0.29) is 40.5 Å². The van der Waals surface area contributed by atoms with Crippen molar-refractivity contribution in [2.45, 2.75) is 51.5 Å². The molecule has 8 nitrogen and oxygen atoms in total. The summed E-state index contributed by atoms with van der Waals surface area (Å²) in [6.07, 6.45) is 4.27. The third-order valence-corrected chi connectivity index (χ3v) is 8.94. The van der Waals surface area contributed by atoms with Gasteiger partial charge in [-0.2, -0.15) is 0 Å². The molecule has 6 rings (SSSR count). The highest BCUT2D eigenvalue weighted by Crippen LogP contribution is 2.31. The largest absolute Gasteiger partial charge is 0.451 e. The van der Waals surface area contributed by atoms with Gasteiger partial charge in [-0.05, 0) is 80.0 Å². The summed E-state index contributed by atoms with van der Waals surface area (Å²) < 4.78 is 5.55.